The number of ether oxygens (including phenoxy) is 3. The van der Waals surface area contributed by atoms with Crippen LogP contribution in [0.5, 0.6) is 11.5 Å². The highest BCUT2D eigenvalue weighted by Crippen LogP contribution is 2.24. The lowest BCUT2D eigenvalue weighted by atomic mass is 10.1. The standard InChI is InChI=1S/C14H19NO4/c1-10-9-15(4-5-19-10)14(16)11-6-12(17-2)8-13(7-11)18-3/h6-8,10H,4-5,9H2,1-3H3. The van der Waals surface area contributed by atoms with Crippen LogP contribution in [-0.2, 0) is 4.74 Å². The van der Waals surface area contributed by atoms with E-state index in [0.29, 0.717) is 36.8 Å². The van der Waals surface area contributed by atoms with Crippen molar-refractivity contribution in [2.24, 2.45) is 0 Å². The summed E-state index contributed by atoms with van der Waals surface area (Å²) in [6.07, 6.45) is 0.0743. The molecule has 1 saturated heterocycles. The Hall–Kier alpha value is -1.75. The van der Waals surface area contributed by atoms with Crippen LogP contribution in [0.3, 0.4) is 0 Å². The van der Waals surface area contributed by atoms with Crippen LogP contribution in [0.1, 0.15) is 17.3 Å². The number of amides is 1. The molecule has 0 aliphatic carbocycles. The van der Waals surface area contributed by atoms with E-state index in [9.17, 15) is 4.79 Å². The molecule has 1 aliphatic rings. The monoisotopic (exact) mass is 265 g/mol. The number of nitrogens with zero attached hydrogens (tertiary/aromatic N) is 1. The minimum absolute atomic E-state index is 0.0210. The van der Waals surface area contributed by atoms with Crippen LogP contribution in [0, 0.1) is 0 Å². The predicted molar refractivity (Wildman–Crippen MR) is 70.9 cm³/mol. The van der Waals surface area contributed by atoms with Gasteiger partial charge < -0.3 is 19.1 Å². The summed E-state index contributed by atoms with van der Waals surface area (Å²) in [4.78, 5) is 14.2. The minimum atomic E-state index is -0.0210. The molecule has 0 bridgehead atoms. The van der Waals surface area contributed by atoms with Gasteiger partial charge in [0.1, 0.15) is 11.5 Å². The molecule has 0 radical (unpaired) electrons. The zero-order valence-electron chi connectivity index (χ0n) is 11.5. The highest BCUT2D eigenvalue weighted by Gasteiger charge is 2.23. The van der Waals surface area contributed by atoms with E-state index < -0.39 is 0 Å². The first-order chi connectivity index (χ1) is 9.13. The molecule has 2 rings (SSSR count). The fourth-order valence-corrected chi connectivity index (χ4v) is 2.12. The van der Waals surface area contributed by atoms with Gasteiger partial charge in [0, 0.05) is 24.7 Å². The molecule has 1 atom stereocenters. The molecule has 5 heteroatoms. The van der Waals surface area contributed by atoms with Gasteiger partial charge >= 0.3 is 0 Å². The molecule has 19 heavy (non-hydrogen) atoms. The maximum atomic E-state index is 12.4. The maximum absolute atomic E-state index is 12.4. The van der Waals surface area contributed by atoms with Crippen LogP contribution in [0.15, 0.2) is 18.2 Å². The topological polar surface area (TPSA) is 48.0 Å². The van der Waals surface area contributed by atoms with Gasteiger partial charge in [-0.3, -0.25) is 4.79 Å². The van der Waals surface area contributed by atoms with Gasteiger partial charge in [-0.2, -0.15) is 0 Å². The number of rotatable bonds is 3. The summed E-state index contributed by atoms with van der Waals surface area (Å²) in [6, 6.07) is 5.20. The molecule has 1 heterocycles. The molecule has 1 fully saturated rings. The molecule has 0 aromatic heterocycles. The van der Waals surface area contributed by atoms with Gasteiger partial charge in [0.05, 0.1) is 26.9 Å². The number of hydrogen-bond acceptors (Lipinski definition) is 4. The van der Waals surface area contributed by atoms with Crippen molar-refractivity contribution in [2.45, 2.75) is 13.0 Å². The Kier molecular flexibility index (Phi) is 4.27. The van der Waals surface area contributed by atoms with E-state index in [1.54, 1.807) is 37.3 Å². The van der Waals surface area contributed by atoms with Crippen LogP contribution in [0.2, 0.25) is 0 Å². The van der Waals surface area contributed by atoms with Crippen LogP contribution in [-0.4, -0.2) is 50.8 Å². The van der Waals surface area contributed by atoms with E-state index in [2.05, 4.69) is 0 Å². The number of carbonyl (C=O) groups is 1. The Morgan fingerprint density at radius 3 is 2.42 bits per heavy atom. The van der Waals surface area contributed by atoms with E-state index >= 15 is 0 Å². The SMILES string of the molecule is COc1cc(OC)cc(C(=O)N2CCOC(C)C2)c1. The molecule has 0 spiro atoms. The van der Waals surface area contributed by atoms with Crippen molar-refractivity contribution in [3.8, 4) is 11.5 Å². The smallest absolute Gasteiger partial charge is 0.254 e. The summed E-state index contributed by atoms with van der Waals surface area (Å²) in [5.41, 5.74) is 0.574. The summed E-state index contributed by atoms with van der Waals surface area (Å²) in [6.45, 7) is 3.76. The second kappa shape index (κ2) is 5.93. The molecule has 1 aromatic carbocycles. The molecule has 1 aliphatic heterocycles. The molecular formula is C14H19NO4. The quantitative estimate of drug-likeness (QED) is 0.832. The van der Waals surface area contributed by atoms with E-state index in [1.807, 2.05) is 6.92 Å². The number of morpholine rings is 1. The third-order valence-electron chi connectivity index (χ3n) is 3.13. The van der Waals surface area contributed by atoms with Gasteiger partial charge in [-0.05, 0) is 19.1 Å². The van der Waals surface area contributed by atoms with Crippen molar-refractivity contribution in [1.29, 1.82) is 0 Å². The first kappa shape index (κ1) is 13.7. The average Bonchev–Trinajstić information content (AvgIpc) is 2.45. The first-order valence-electron chi connectivity index (χ1n) is 6.28. The zero-order chi connectivity index (χ0) is 13.8. The first-order valence-corrected chi connectivity index (χ1v) is 6.28. The minimum Gasteiger partial charge on any atom is -0.497 e. The van der Waals surface area contributed by atoms with E-state index in [0.717, 1.165) is 0 Å². The van der Waals surface area contributed by atoms with Crippen LogP contribution in [0.4, 0.5) is 0 Å². The fraction of sp³-hybridized carbons (Fsp3) is 0.500. The van der Waals surface area contributed by atoms with Crippen molar-refractivity contribution >= 4 is 5.91 Å². The zero-order valence-corrected chi connectivity index (χ0v) is 11.5. The molecule has 104 valence electrons. The van der Waals surface area contributed by atoms with Gasteiger partial charge in [0.15, 0.2) is 0 Å². The maximum Gasteiger partial charge on any atom is 0.254 e. The number of methoxy groups -OCH3 is 2. The molecule has 0 N–H and O–H groups in total. The molecule has 0 saturated carbocycles. The largest absolute Gasteiger partial charge is 0.497 e. The number of hydrogen-bond donors (Lipinski definition) is 0. The number of carbonyl (C=O) groups excluding carboxylic acids is 1. The average molecular weight is 265 g/mol. The molecular weight excluding hydrogens is 246 g/mol. The lowest BCUT2D eigenvalue weighted by molar-refractivity contribution is -0.0124. The highest BCUT2D eigenvalue weighted by atomic mass is 16.5. The normalized spacial score (nSPS) is 19.1. The lowest BCUT2D eigenvalue weighted by Gasteiger charge is -2.31. The Labute approximate surface area is 113 Å². The molecule has 1 aromatic rings. The molecule has 1 unspecified atom stereocenters. The Morgan fingerprint density at radius 1 is 1.26 bits per heavy atom. The predicted octanol–water partition coefficient (Wildman–Crippen LogP) is 1.56. The summed E-state index contributed by atoms with van der Waals surface area (Å²) in [5, 5.41) is 0. The van der Waals surface area contributed by atoms with E-state index in [-0.39, 0.29) is 12.0 Å². The second-order valence-corrected chi connectivity index (χ2v) is 4.53. The lowest BCUT2D eigenvalue weighted by Crippen LogP contribution is -2.44. The summed E-state index contributed by atoms with van der Waals surface area (Å²) < 4.78 is 15.8. The van der Waals surface area contributed by atoms with Crippen molar-refractivity contribution in [1.82, 2.24) is 4.90 Å². The molecule has 5 nitrogen and oxygen atoms in total. The molecule has 1 amide bonds. The van der Waals surface area contributed by atoms with Crippen molar-refractivity contribution in [3.05, 3.63) is 23.8 Å². The summed E-state index contributed by atoms with van der Waals surface area (Å²) >= 11 is 0. The van der Waals surface area contributed by atoms with Gasteiger partial charge in [-0.1, -0.05) is 0 Å². The Bertz CT molecular complexity index is 439. The van der Waals surface area contributed by atoms with Crippen LogP contribution >= 0.6 is 0 Å². The number of benzene rings is 1. The van der Waals surface area contributed by atoms with Gasteiger partial charge in [0.2, 0.25) is 0 Å². The Balaban J connectivity index is 2.22. The van der Waals surface area contributed by atoms with E-state index in [4.69, 9.17) is 14.2 Å². The van der Waals surface area contributed by atoms with Crippen molar-refractivity contribution < 1.29 is 19.0 Å². The second-order valence-electron chi connectivity index (χ2n) is 4.53. The third kappa shape index (κ3) is 3.17. The fourth-order valence-electron chi connectivity index (χ4n) is 2.12. The van der Waals surface area contributed by atoms with E-state index in [1.165, 1.54) is 0 Å². The van der Waals surface area contributed by atoms with Crippen molar-refractivity contribution in [2.75, 3.05) is 33.9 Å². The van der Waals surface area contributed by atoms with Crippen LogP contribution in [0.25, 0.3) is 0 Å². The summed E-state index contributed by atoms with van der Waals surface area (Å²) in [5.74, 6) is 1.21. The van der Waals surface area contributed by atoms with Gasteiger partial charge in [0.25, 0.3) is 5.91 Å². The Morgan fingerprint density at radius 2 is 1.89 bits per heavy atom. The highest BCUT2D eigenvalue weighted by molar-refractivity contribution is 5.95. The summed E-state index contributed by atoms with van der Waals surface area (Å²) in [7, 11) is 3.14. The van der Waals surface area contributed by atoms with Crippen LogP contribution < -0.4 is 9.47 Å². The third-order valence-corrected chi connectivity index (χ3v) is 3.13. The van der Waals surface area contributed by atoms with Gasteiger partial charge in [-0.15, -0.1) is 0 Å². The van der Waals surface area contributed by atoms with Gasteiger partial charge in [-0.25, -0.2) is 0 Å². The van der Waals surface area contributed by atoms with Crippen molar-refractivity contribution in [3.63, 3.8) is 0 Å².